The maximum absolute atomic E-state index is 11.8. The van der Waals surface area contributed by atoms with E-state index in [9.17, 15) is 14.4 Å². The zero-order valence-corrected chi connectivity index (χ0v) is 8.53. The van der Waals surface area contributed by atoms with Crippen molar-refractivity contribution >= 4 is 17.9 Å². The lowest BCUT2D eigenvalue weighted by Gasteiger charge is -2.33. The number of hydrogen-bond acceptors (Lipinski definition) is 3. The van der Waals surface area contributed by atoms with E-state index in [-0.39, 0.29) is 17.7 Å². The van der Waals surface area contributed by atoms with E-state index >= 15 is 0 Å². The summed E-state index contributed by atoms with van der Waals surface area (Å²) in [6.07, 6.45) is 1.94. The van der Waals surface area contributed by atoms with Crippen LogP contribution >= 0.6 is 0 Å². The average molecular weight is 224 g/mol. The highest BCUT2D eigenvalue weighted by molar-refractivity contribution is 6.07. The molecule has 1 spiro atoms. The van der Waals surface area contributed by atoms with Gasteiger partial charge in [0.1, 0.15) is 5.54 Å². The number of amides is 3. The number of imide groups is 1. The molecule has 0 aromatic heterocycles. The Morgan fingerprint density at radius 3 is 2.62 bits per heavy atom. The Balaban J connectivity index is 1.96. The van der Waals surface area contributed by atoms with Crippen molar-refractivity contribution in [3.63, 3.8) is 0 Å². The molecule has 1 heterocycles. The summed E-state index contributed by atoms with van der Waals surface area (Å²) in [5.74, 6) is -1.71. The summed E-state index contributed by atoms with van der Waals surface area (Å²) in [6.45, 7) is 0. The topological polar surface area (TPSA) is 95.5 Å². The molecule has 1 saturated heterocycles. The first-order valence-electron chi connectivity index (χ1n) is 5.39. The molecule has 6 nitrogen and oxygen atoms in total. The molecule has 2 saturated carbocycles. The highest BCUT2D eigenvalue weighted by Gasteiger charge is 2.64. The van der Waals surface area contributed by atoms with E-state index in [0.717, 1.165) is 6.42 Å². The number of carbonyl (C=O) groups excluding carboxylic acids is 2. The molecule has 0 aromatic rings. The van der Waals surface area contributed by atoms with Crippen molar-refractivity contribution in [3.05, 3.63) is 0 Å². The van der Waals surface area contributed by atoms with Gasteiger partial charge in [0.2, 0.25) is 0 Å². The minimum Gasteiger partial charge on any atom is -0.481 e. The smallest absolute Gasteiger partial charge is 0.322 e. The Hall–Kier alpha value is -1.59. The van der Waals surface area contributed by atoms with Crippen LogP contribution < -0.4 is 10.6 Å². The summed E-state index contributed by atoms with van der Waals surface area (Å²) >= 11 is 0. The SMILES string of the molecule is O=C1NC(=O)C2(CC3CC(C(=O)O)C2C3)N1. The number of urea groups is 1. The Labute approximate surface area is 91.4 Å². The van der Waals surface area contributed by atoms with Gasteiger partial charge in [-0.25, -0.2) is 4.79 Å². The quantitative estimate of drug-likeness (QED) is 0.532. The molecule has 16 heavy (non-hydrogen) atoms. The fourth-order valence-corrected chi connectivity index (χ4v) is 3.64. The van der Waals surface area contributed by atoms with Gasteiger partial charge in [0.15, 0.2) is 0 Å². The van der Waals surface area contributed by atoms with E-state index in [1.807, 2.05) is 0 Å². The molecular weight excluding hydrogens is 212 g/mol. The van der Waals surface area contributed by atoms with Gasteiger partial charge in [-0.3, -0.25) is 14.9 Å². The van der Waals surface area contributed by atoms with Crippen LogP contribution in [0.1, 0.15) is 19.3 Å². The van der Waals surface area contributed by atoms with Gasteiger partial charge >= 0.3 is 12.0 Å². The molecule has 86 valence electrons. The molecule has 1 aliphatic heterocycles. The maximum Gasteiger partial charge on any atom is 0.322 e. The molecule has 2 aliphatic carbocycles. The van der Waals surface area contributed by atoms with E-state index < -0.39 is 23.5 Å². The second kappa shape index (κ2) is 2.75. The molecule has 4 atom stereocenters. The van der Waals surface area contributed by atoms with Crippen molar-refractivity contribution in [2.45, 2.75) is 24.8 Å². The van der Waals surface area contributed by atoms with Crippen molar-refractivity contribution in [3.8, 4) is 0 Å². The number of hydrogen-bond donors (Lipinski definition) is 3. The van der Waals surface area contributed by atoms with Gasteiger partial charge in [-0.05, 0) is 25.2 Å². The summed E-state index contributed by atoms with van der Waals surface area (Å²) in [7, 11) is 0. The fourth-order valence-electron chi connectivity index (χ4n) is 3.64. The zero-order valence-electron chi connectivity index (χ0n) is 8.53. The van der Waals surface area contributed by atoms with Gasteiger partial charge in [0.05, 0.1) is 5.92 Å². The Morgan fingerprint density at radius 1 is 1.38 bits per heavy atom. The number of aliphatic carboxylic acids is 1. The van der Waals surface area contributed by atoms with Gasteiger partial charge in [-0.1, -0.05) is 0 Å². The van der Waals surface area contributed by atoms with Crippen LogP contribution in [0.15, 0.2) is 0 Å². The minimum atomic E-state index is -0.941. The van der Waals surface area contributed by atoms with Crippen LogP contribution in [0.4, 0.5) is 4.79 Å². The average Bonchev–Trinajstić information content (AvgIpc) is 2.80. The van der Waals surface area contributed by atoms with Crippen LogP contribution in [-0.2, 0) is 9.59 Å². The second-order valence-corrected chi connectivity index (χ2v) is 4.97. The fraction of sp³-hybridized carbons (Fsp3) is 0.700. The number of nitrogens with one attached hydrogen (secondary N) is 2. The van der Waals surface area contributed by atoms with Crippen molar-refractivity contribution in [1.82, 2.24) is 10.6 Å². The first kappa shape index (κ1) is 9.62. The summed E-state index contributed by atoms with van der Waals surface area (Å²) in [4.78, 5) is 34.0. The predicted molar refractivity (Wildman–Crippen MR) is 51.4 cm³/mol. The number of rotatable bonds is 1. The third kappa shape index (κ3) is 0.989. The van der Waals surface area contributed by atoms with Crippen molar-refractivity contribution < 1.29 is 19.5 Å². The zero-order chi connectivity index (χ0) is 11.5. The van der Waals surface area contributed by atoms with E-state index in [2.05, 4.69) is 10.6 Å². The van der Waals surface area contributed by atoms with Crippen molar-refractivity contribution in [2.75, 3.05) is 0 Å². The Kier molecular flexibility index (Phi) is 1.65. The normalized spacial score (nSPS) is 44.9. The van der Waals surface area contributed by atoms with Crippen LogP contribution in [0.25, 0.3) is 0 Å². The Bertz CT molecular complexity index is 408. The van der Waals surface area contributed by atoms with E-state index in [0.29, 0.717) is 12.8 Å². The highest BCUT2D eigenvalue weighted by atomic mass is 16.4. The van der Waals surface area contributed by atoms with Crippen molar-refractivity contribution in [1.29, 1.82) is 0 Å². The molecule has 6 heteroatoms. The highest BCUT2D eigenvalue weighted by Crippen LogP contribution is 2.54. The number of fused-ring (bicyclic) bond motifs is 3. The van der Waals surface area contributed by atoms with Crippen molar-refractivity contribution in [2.24, 2.45) is 17.8 Å². The monoisotopic (exact) mass is 224 g/mol. The summed E-state index contributed by atoms with van der Waals surface area (Å²) in [5, 5.41) is 13.9. The maximum atomic E-state index is 11.8. The number of carbonyl (C=O) groups is 3. The van der Waals surface area contributed by atoms with E-state index in [1.165, 1.54) is 0 Å². The summed E-state index contributed by atoms with van der Waals surface area (Å²) in [6, 6.07) is -0.498. The molecule has 3 N–H and O–H groups in total. The van der Waals surface area contributed by atoms with Crippen LogP contribution in [0.5, 0.6) is 0 Å². The molecule has 2 bridgehead atoms. The van der Waals surface area contributed by atoms with Gasteiger partial charge < -0.3 is 10.4 Å². The van der Waals surface area contributed by atoms with Gasteiger partial charge in [0, 0.05) is 5.92 Å². The summed E-state index contributed by atoms with van der Waals surface area (Å²) in [5.41, 5.74) is -0.941. The molecular formula is C10H12N2O4. The first-order chi connectivity index (χ1) is 7.53. The molecule has 3 amide bonds. The largest absolute Gasteiger partial charge is 0.481 e. The lowest BCUT2D eigenvalue weighted by molar-refractivity contribution is -0.145. The molecule has 4 unspecified atom stereocenters. The minimum absolute atomic E-state index is 0.246. The molecule has 0 aromatic carbocycles. The van der Waals surface area contributed by atoms with E-state index in [1.54, 1.807) is 0 Å². The van der Waals surface area contributed by atoms with Crippen LogP contribution in [-0.4, -0.2) is 28.6 Å². The van der Waals surface area contributed by atoms with Gasteiger partial charge in [-0.2, -0.15) is 0 Å². The standard InChI is InChI=1S/C10H12N2O4/c13-7(14)5-1-4-2-6(5)10(3-4)8(15)11-9(16)12-10/h4-6H,1-3H2,(H,13,14)(H2,11,12,15,16). The van der Waals surface area contributed by atoms with E-state index in [4.69, 9.17) is 5.11 Å². The predicted octanol–water partition coefficient (Wildman–Crippen LogP) is -0.305. The molecule has 3 aliphatic rings. The third-order valence-electron chi connectivity index (χ3n) is 4.19. The lowest BCUT2D eigenvalue weighted by Crippen LogP contribution is -2.54. The molecule has 3 fully saturated rings. The van der Waals surface area contributed by atoms with Crippen LogP contribution in [0.2, 0.25) is 0 Å². The van der Waals surface area contributed by atoms with Gasteiger partial charge in [0.25, 0.3) is 5.91 Å². The number of carboxylic acid groups (broad SMARTS) is 1. The molecule has 3 rings (SSSR count). The number of carboxylic acids is 1. The first-order valence-corrected chi connectivity index (χ1v) is 5.39. The lowest BCUT2D eigenvalue weighted by atomic mass is 9.74. The van der Waals surface area contributed by atoms with Gasteiger partial charge in [-0.15, -0.1) is 0 Å². The summed E-state index contributed by atoms with van der Waals surface area (Å²) < 4.78 is 0. The third-order valence-corrected chi connectivity index (χ3v) is 4.19. The van der Waals surface area contributed by atoms with Crippen LogP contribution in [0, 0.1) is 17.8 Å². The van der Waals surface area contributed by atoms with Crippen LogP contribution in [0.3, 0.4) is 0 Å². The second-order valence-electron chi connectivity index (χ2n) is 4.97. The Morgan fingerprint density at radius 2 is 2.12 bits per heavy atom. The molecule has 0 radical (unpaired) electrons.